The van der Waals surface area contributed by atoms with Gasteiger partial charge in [-0.25, -0.2) is 4.79 Å². The van der Waals surface area contributed by atoms with Crippen LogP contribution in [0.3, 0.4) is 0 Å². The average molecular weight is 324 g/mol. The first kappa shape index (κ1) is 18.7. The highest BCUT2D eigenvalue weighted by molar-refractivity contribution is 5.67. The summed E-state index contributed by atoms with van der Waals surface area (Å²) in [5.74, 6) is 0.486. The van der Waals surface area contributed by atoms with Crippen LogP contribution in [0.5, 0.6) is 5.75 Å². The zero-order valence-corrected chi connectivity index (χ0v) is 14.3. The van der Waals surface area contributed by atoms with Crippen molar-refractivity contribution >= 4 is 11.8 Å². The number of nitrogens with one attached hydrogen (secondary N) is 1. The van der Waals surface area contributed by atoms with E-state index in [2.05, 4.69) is 5.32 Å². The summed E-state index contributed by atoms with van der Waals surface area (Å²) in [6.45, 7) is 9.66. The minimum Gasteiger partial charge on any atom is -0.493 e. The molecule has 0 spiro atoms. The van der Waals surface area contributed by atoms with Crippen LogP contribution >= 0.6 is 0 Å². The summed E-state index contributed by atoms with van der Waals surface area (Å²) >= 11 is 0. The van der Waals surface area contributed by atoms with Crippen LogP contribution in [0.1, 0.15) is 38.3 Å². The Kier molecular flexibility index (Phi) is 6.36. The molecule has 7 nitrogen and oxygen atoms in total. The number of hydrogen-bond acceptors (Lipinski definition) is 5. The van der Waals surface area contributed by atoms with E-state index in [0.29, 0.717) is 30.9 Å². The van der Waals surface area contributed by atoms with Crippen molar-refractivity contribution in [1.29, 1.82) is 0 Å². The number of ether oxygens (including phenoxy) is 2. The van der Waals surface area contributed by atoms with Crippen LogP contribution in [-0.4, -0.2) is 29.8 Å². The molecule has 0 aliphatic carbocycles. The minimum absolute atomic E-state index is 0.0393. The van der Waals surface area contributed by atoms with E-state index < -0.39 is 16.6 Å². The first-order chi connectivity index (χ1) is 10.6. The predicted octanol–water partition coefficient (Wildman–Crippen LogP) is 3.51. The lowest BCUT2D eigenvalue weighted by molar-refractivity contribution is -0.385. The number of benzene rings is 1. The topological polar surface area (TPSA) is 90.7 Å². The van der Waals surface area contributed by atoms with E-state index in [9.17, 15) is 14.9 Å². The van der Waals surface area contributed by atoms with Gasteiger partial charge in [-0.15, -0.1) is 0 Å². The van der Waals surface area contributed by atoms with Gasteiger partial charge >= 0.3 is 6.09 Å². The number of carbonyl (C=O) groups is 1. The Bertz CT molecular complexity index is 579. The summed E-state index contributed by atoms with van der Waals surface area (Å²) in [5, 5.41) is 13.6. The number of carbonyl (C=O) groups excluding carboxylic acids is 1. The molecular formula is C16H24N2O5. The third kappa shape index (κ3) is 6.54. The lowest BCUT2D eigenvalue weighted by Gasteiger charge is -2.19. The number of aryl methyl sites for hydroxylation is 2. The molecule has 0 unspecified atom stereocenters. The van der Waals surface area contributed by atoms with E-state index in [0.717, 1.165) is 5.56 Å². The molecule has 1 rings (SSSR count). The van der Waals surface area contributed by atoms with Crippen LogP contribution in [0.25, 0.3) is 0 Å². The zero-order valence-electron chi connectivity index (χ0n) is 14.3. The van der Waals surface area contributed by atoms with E-state index in [1.54, 1.807) is 33.8 Å². The standard InChI is InChI=1S/C16H24N2O5/c1-11-9-12(2)14(10-13(11)18(20)21)22-8-6-7-17-15(19)23-16(3,4)5/h9-10H,6-8H2,1-5H3,(H,17,19). The molecule has 0 fully saturated rings. The van der Waals surface area contributed by atoms with Gasteiger partial charge in [-0.05, 0) is 52.7 Å². The number of nitrogens with zero attached hydrogens (tertiary/aromatic N) is 1. The normalized spacial score (nSPS) is 11.0. The molecule has 0 atom stereocenters. The average Bonchev–Trinajstić information content (AvgIpc) is 2.38. The van der Waals surface area contributed by atoms with Gasteiger partial charge in [0.25, 0.3) is 5.69 Å². The first-order valence-corrected chi connectivity index (χ1v) is 7.45. The Morgan fingerprint density at radius 3 is 2.48 bits per heavy atom. The molecule has 0 heterocycles. The fourth-order valence-corrected chi connectivity index (χ4v) is 1.93. The van der Waals surface area contributed by atoms with Gasteiger partial charge in [0.15, 0.2) is 0 Å². The molecule has 0 radical (unpaired) electrons. The maximum absolute atomic E-state index is 11.5. The molecule has 0 aliphatic rings. The van der Waals surface area contributed by atoms with Crippen LogP contribution in [0.2, 0.25) is 0 Å². The van der Waals surface area contributed by atoms with Crippen molar-refractivity contribution in [3.05, 3.63) is 33.4 Å². The molecule has 23 heavy (non-hydrogen) atoms. The van der Waals surface area contributed by atoms with Crippen molar-refractivity contribution in [2.24, 2.45) is 0 Å². The van der Waals surface area contributed by atoms with E-state index in [4.69, 9.17) is 9.47 Å². The van der Waals surface area contributed by atoms with Gasteiger partial charge in [0.2, 0.25) is 0 Å². The molecule has 1 aromatic carbocycles. The summed E-state index contributed by atoms with van der Waals surface area (Å²) < 4.78 is 10.7. The second kappa shape index (κ2) is 7.80. The van der Waals surface area contributed by atoms with E-state index in [1.165, 1.54) is 6.07 Å². The molecule has 7 heteroatoms. The number of nitro groups is 1. The van der Waals surface area contributed by atoms with Gasteiger partial charge in [0, 0.05) is 12.1 Å². The largest absolute Gasteiger partial charge is 0.493 e. The molecule has 128 valence electrons. The maximum atomic E-state index is 11.5. The van der Waals surface area contributed by atoms with Gasteiger partial charge in [0.05, 0.1) is 17.6 Å². The molecular weight excluding hydrogens is 300 g/mol. The summed E-state index contributed by atoms with van der Waals surface area (Å²) in [6.07, 6.45) is 0.0973. The summed E-state index contributed by atoms with van der Waals surface area (Å²) in [5.41, 5.74) is 0.954. The Hall–Kier alpha value is -2.31. The van der Waals surface area contributed by atoms with Crippen LogP contribution < -0.4 is 10.1 Å². The number of alkyl carbamates (subject to hydrolysis) is 1. The van der Waals surface area contributed by atoms with Crippen molar-refractivity contribution in [3.8, 4) is 5.75 Å². The minimum atomic E-state index is -0.529. The van der Waals surface area contributed by atoms with E-state index in [-0.39, 0.29) is 5.69 Å². The number of amides is 1. The quantitative estimate of drug-likeness (QED) is 0.491. The van der Waals surface area contributed by atoms with Gasteiger partial charge < -0.3 is 14.8 Å². The van der Waals surface area contributed by atoms with Crippen LogP contribution in [0, 0.1) is 24.0 Å². The van der Waals surface area contributed by atoms with Gasteiger partial charge in [-0.1, -0.05) is 0 Å². The van der Waals surface area contributed by atoms with E-state index >= 15 is 0 Å². The molecule has 0 aromatic heterocycles. The van der Waals surface area contributed by atoms with Crippen molar-refractivity contribution in [1.82, 2.24) is 5.32 Å². The Balaban J connectivity index is 2.43. The van der Waals surface area contributed by atoms with Crippen molar-refractivity contribution < 1.29 is 19.2 Å². The second-order valence-corrected chi connectivity index (χ2v) is 6.29. The summed E-state index contributed by atoms with van der Waals surface area (Å²) in [4.78, 5) is 22.0. The number of hydrogen-bond donors (Lipinski definition) is 1. The lowest BCUT2D eigenvalue weighted by Crippen LogP contribution is -2.33. The van der Waals surface area contributed by atoms with Crippen LogP contribution in [-0.2, 0) is 4.74 Å². The van der Waals surface area contributed by atoms with Gasteiger partial charge in [-0.2, -0.15) is 0 Å². The van der Waals surface area contributed by atoms with Crippen molar-refractivity contribution in [3.63, 3.8) is 0 Å². The monoisotopic (exact) mass is 324 g/mol. The predicted molar refractivity (Wildman–Crippen MR) is 86.9 cm³/mol. The van der Waals surface area contributed by atoms with Crippen LogP contribution in [0.15, 0.2) is 12.1 Å². The highest BCUT2D eigenvalue weighted by atomic mass is 16.6. The van der Waals surface area contributed by atoms with Crippen molar-refractivity contribution in [2.75, 3.05) is 13.2 Å². The molecule has 0 saturated carbocycles. The Morgan fingerprint density at radius 2 is 1.91 bits per heavy atom. The fraction of sp³-hybridized carbons (Fsp3) is 0.562. The highest BCUT2D eigenvalue weighted by Gasteiger charge is 2.16. The van der Waals surface area contributed by atoms with Gasteiger partial charge in [0.1, 0.15) is 11.4 Å². The second-order valence-electron chi connectivity index (χ2n) is 6.29. The zero-order chi connectivity index (χ0) is 17.6. The third-order valence-electron chi connectivity index (χ3n) is 2.94. The highest BCUT2D eigenvalue weighted by Crippen LogP contribution is 2.28. The van der Waals surface area contributed by atoms with Gasteiger partial charge in [-0.3, -0.25) is 10.1 Å². The van der Waals surface area contributed by atoms with E-state index in [1.807, 2.05) is 6.92 Å². The fourth-order valence-electron chi connectivity index (χ4n) is 1.93. The number of rotatable bonds is 6. The summed E-state index contributed by atoms with van der Waals surface area (Å²) in [7, 11) is 0. The molecule has 0 saturated heterocycles. The summed E-state index contributed by atoms with van der Waals surface area (Å²) in [6, 6.07) is 3.17. The SMILES string of the molecule is Cc1cc(C)c([N+](=O)[O-])cc1OCCCNC(=O)OC(C)(C)C. The molecule has 0 bridgehead atoms. The number of nitro benzene ring substituents is 1. The Labute approximate surface area is 136 Å². The molecule has 1 amide bonds. The van der Waals surface area contributed by atoms with Crippen LogP contribution in [0.4, 0.5) is 10.5 Å². The lowest BCUT2D eigenvalue weighted by atomic mass is 10.1. The molecule has 0 aliphatic heterocycles. The van der Waals surface area contributed by atoms with Crippen molar-refractivity contribution in [2.45, 2.75) is 46.6 Å². The first-order valence-electron chi connectivity index (χ1n) is 7.45. The molecule has 1 aromatic rings. The maximum Gasteiger partial charge on any atom is 0.407 e. The smallest absolute Gasteiger partial charge is 0.407 e. The molecule has 1 N–H and O–H groups in total. The Morgan fingerprint density at radius 1 is 1.26 bits per heavy atom. The third-order valence-corrected chi connectivity index (χ3v) is 2.94.